The van der Waals surface area contributed by atoms with E-state index in [1.54, 1.807) is 17.8 Å². The van der Waals surface area contributed by atoms with Crippen LogP contribution in [0.15, 0.2) is 30.7 Å². The van der Waals surface area contributed by atoms with Crippen molar-refractivity contribution in [3.8, 4) is 11.3 Å². The molecule has 188 valence electrons. The second-order valence-electron chi connectivity index (χ2n) is 10.4. The van der Waals surface area contributed by atoms with Gasteiger partial charge >= 0.3 is 0 Å². The summed E-state index contributed by atoms with van der Waals surface area (Å²) in [5.41, 5.74) is 13.7. The summed E-state index contributed by atoms with van der Waals surface area (Å²) in [5, 5.41) is 5.52. The first kappa shape index (κ1) is 24.2. The summed E-state index contributed by atoms with van der Waals surface area (Å²) < 4.78 is 3.67. The lowest BCUT2D eigenvalue weighted by Crippen LogP contribution is -2.39. The maximum atomic E-state index is 13.1. The van der Waals surface area contributed by atoms with Crippen molar-refractivity contribution in [1.29, 1.82) is 0 Å². The van der Waals surface area contributed by atoms with E-state index in [-0.39, 0.29) is 17.7 Å². The predicted octanol–water partition coefficient (Wildman–Crippen LogP) is 4.42. The molecule has 0 unspecified atom stereocenters. The molecule has 5 rings (SSSR count). The molecule has 1 saturated heterocycles. The van der Waals surface area contributed by atoms with E-state index in [4.69, 9.17) is 5.73 Å². The molecule has 0 aliphatic carbocycles. The van der Waals surface area contributed by atoms with E-state index in [9.17, 15) is 9.59 Å². The van der Waals surface area contributed by atoms with Gasteiger partial charge in [0.05, 0.1) is 17.8 Å². The maximum absolute atomic E-state index is 13.1. The van der Waals surface area contributed by atoms with Crippen LogP contribution in [-0.2, 0) is 4.79 Å². The van der Waals surface area contributed by atoms with Crippen LogP contribution in [0.5, 0.6) is 0 Å². The number of likely N-dealkylation sites (tertiary alicyclic amines) is 1. The molecule has 0 radical (unpaired) electrons. The third-order valence-electron chi connectivity index (χ3n) is 7.74. The topological polar surface area (TPSA) is 98.5 Å². The zero-order valence-electron chi connectivity index (χ0n) is 21.7. The van der Waals surface area contributed by atoms with E-state index < -0.39 is 0 Å². The largest absolute Gasteiger partial charge is 0.369 e. The summed E-state index contributed by atoms with van der Waals surface area (Å²) in [7, 11) is 0. The van der Waals surface area contributed by atoms with Crippen molar-refractivity contribution in [2.75, 3.05) is 19.6 Å². The molecule has 1 aliphatic rings. The van der Waals surface area contributed by atoms with Gasteiger partial charge in [-0.2, -0.15) is 5.10 Å². The molecule has 0 bridgehead atoms. The fraction of sp³-hybridized carbons (Fsp3) is 0.429. The van der Waals surface area contributed by atoms with Gasteiger partial charge in [0.15, 0.2) is 5.65 Å². The van der Waals surface area contributed by atoms with Gasteiger partial charge in [0, 0.05) is 24.1 Å². The number of benzene rings is 1. The number of aryl methyl sites for hydroxylation is 1. The third kappa shape index (κ3) is 3.99. The van der Waals surface area contributed by atoms with Crippen molar-refractivity contribution < 1.29 is 9.59 Å². The van der Waals surface area contributed by atoms with Crippen molar-refractivity contribution in [2.24, 2.45) is 5.73 Å². The molecular weight excluding hydrogens is 452 g/mol. The number of fused-ring (bicyclic) bond motifs is 2. The molecule has 1 aromatic carbocycles. The molecule has 1 fully saturated rings. The first-order valence-electron chi connectivity index (χ1n) is 12.7. The lowest BCUT2D eigenvalue weighted by molar-refractivity contribution is -0.119. The van der Waals surface area contributed by atoms with Gasteiger partial charge in [-0.05, 0) is 86.0 Å². The zero-order chi connectivity index (χ0) is 25.7. The molecule has 4 aromatic rings. The highest BCUT2D eigenvalue weighted by atomic mass is 16.2. The van der Waals surface area contributed by atoms with Gasteiger partial charge in [0.2, 0.25) is 11.8 Å². The van der Waals surface area contributed by atoms with E-state index in [0.29, 0.717) is 12.5 Å². The van der Waals surface area contributed by atoms with Crippen LogP contribution in [0.4, 0.5) is 0 Å². The number of nitrogens with zero attached hydrogens (tertiary/aromatic N) is 5. The fourth-order valence-electron chi connectivity index (χ4n) is 5.85. The molecule has 36 heavy (non-hydrogen) atoms. The van der Waals surface area contributed by atoms with Gasteiger partial charge in [-0.3, -0.25) is 19.1 Å². The first-order chi connectivity index (χ1) is 17.2. The van der Waals surface area contributed by atoms with Gasteiger partial charge in [0.25, 0.3) is 0 Å². The highest BCUT2D eigenvalue weighted by Gasteiger charge is 2.27. The van der Waals surface area contributed by atoms with Crippen LogP contribution in [0.1, 0.15) is 72.5 Å². The Hall–Kier alpha value is -3.52. The zero-order valence-corrected chi connectivity index (χ0v) is 21.7. The Labute approximate surface area is 211 Å². The van der Waals surface area contributed by atoms with Crippen molar-refractivity contribution in [1.82, 2.24) is 24.1 Å². The number of hydrogen-bond donors (Lipinski definition) is 1. The van der Waals surface area contributed by atoms with Crippen LogP contribution >= 0.6 is 0 Å². The fourth-order valence-corrected chi connectivity index (χ4v) is 5.85. The Kier molecular flexibility index (Phi) is 6.16. The number of nitrogens with two attached hydrogens (primary N) is 1. The second kappa shape index (κ2) is 9.17. The number of aromatic nitrogens is 4. The molecule has 0 saturated carbocycles. The average molecular weight is 487 g/mol. The van der Waals surface area contributed by atoms with E-state index in [1.165, 1.54) is 11.1 Å². The second-order valence-corrected chi connectivity index (χ2v) is 10.4. The molecule has 1 amide bonds. The number of pyridine rings is 1. The quantitative estimate of drug-likeness (QED) is 0.450. The summed E-state index contributed by atoms with van der Waals surface area (Å²) in [6.07, 6.45) is 5.53. The summed E-state index contributed by atoms with van der Waals surface area (Å²) in [5.74, 6) is 0.342. The Morgan fingerprint density at radius 3 is 2.50 bits per heavy atom. The van der Waals surface area contributed by atoms with Gasteiger partial charge in [-0.1, -0.05) is 19.9 Å². The van der Waals surface area contributed by atoms with Gasteiger partial charge in [-0.25, -0.2) is 9.50 Å². The van der Waals surface area contributed by atoms with Crippen molar-refractivity contribution in [2.45, 2.75) is 59.3 Å². The Balaban J connectivity index is 1.67. The Bertz CT molecular complexity index is 1490. The highest BCUT2D eigenvalue weighted by molar-refractivity contribution is 6.02. The lowest BCUT2D eigenvalue weighted by Gasteiger charge is -2.31. The SMILES string of the molecule is CC(=O)n1c(-c2cn3ncnc3c(C)c2C)c(C(C)C)c2cc(C3CCN(CC(N)=O)CC3)ccc21. The molecule has 3 aromatic heterocycles. The molecule has 0 spiro atoms. The van der Waals surface area contributed by atoms with Crippen molar-refractivity contribution in [3.05, 3.63) is 53.0 Å². The minimum absolute atomic E-state index is 0.00912. The number of rotatable bonds is 5. The first-order valence-corrected chi connectivity index (χ1v) is 12.7. The highest BCUT2D eigenvalue weighted by Crippen LogP contribution is 2.42. The maximum Gasteiger partial charge on any atom is 0.231 e. The normalized spacial score (nSPS) is 15.4. The van der Waals surface area contributed by atoms with Crippen LogP contribution in [0.3, 0.4) is 0 Å². The van der Waals surface area contributed by atoms with Crippen LogP contribution in [0.25, 0.3) is 27.8 Å². The molecule has 1 aliphatic heterocycles. The molecule has 8 nitrogen and oxygen atoms in total. The minimum Gasteiger partial charge on any atom is -0.369 e. The van der Waals surface area contributed by atoms with E-state index in [2.05, 4.69) is 60.9 Å². The number of hydrogen-bond acceptors (Lipinski definition) is 5. The summed E-state index contributed by atoms with van der Waals surface area (Å²) in [6, 6.07) is 6.56. The number of carbonyl (C=O) groups is 2. The average Bonchev–Trinajstić information content (AvgIpc) is 3.43. The summed E-state index contributed by atoms with van der Waals surface area (Å²) in [4.78, 5) is 30.9. The number of carbonyl (C=O) groups excluding carboxylic acids is 2. The van der Waals surface area contributed by atoms with Crippen molar-refractivity contribution in [3.63, 3.8) is 0 Å². The monoisotopic (exact) mass is 486 g/mol. The van der Waals surface area contributed by atoms with Crippen LogP contribution in [-0.4, -0.2) is 55.5 Å². The van der Waals surface area contributed by atoms with Crippen LogP contribution < -0.4 is 5.73 Å². The molecule has 2 N–H and O–H groups in total. The molecule has 0 atom stereocenters. The standard InChI is InChI=1S/C28H34N6O2/c1-16(2)26-22-12-21(20-8-10-32(11-9-20)14-25(29)36)6-7-24(22)34(19(5)35)27(26)23-13-33-28(30-15-31-33)18(4)17(23)3/h6-7,12-13,15-16,20H,8-11,14H2,1-5H3,(H2,29,36). The van der Waals surface area contributed by atoms with Gasteiger partial charge in [-0.15, -0.1) is 0 Å². The van der Waals surface area contributed by atoms with Gasteiger partial charge < -0.3 is 5.73 Å². The predicted molar refractivity (Wildman–Crippen MR) is 141 cm³/mol. The van der Waals surface area contributed by atoms with E-state index in [1.807, 2.05) is 10.8 Å². The minimum atomic E-state index is -0.274. The van der Waals surface area contributed by atoms with Crippen LogP contribution in [0, 0.1) is 13.8 Å². The smallest absolute Gasteiger partial charge is 0.231 e. The van der Waals surface area contributed by atoms with Gasteiger partial charge in [0.1, 0.15) is 6.33 Å². The number of primary amides is 1. The molecule has 4 heterocycles. The lowest BCUT2D eigenvalue weighted by atomic mass is 9.87. The third-order valence-corrected chi connectivity index (χ3v) is 7.74. The number of piperidine rings is 1. The summed E-state index contributed by atoms with van der Waals surface area (Å²) >= 11 is 0. The summed E-state index contributed by atoms with van der Waals surface area (Å²) in [6.45, 7) is 12.2. The van der Waals surface area contributed by atoms with Crippen molar-refractivity contribution >= 4 is 28.4 Å². The van der Waals surface area contributed by atoms with Crippen LogP contribution in [0.2, 0.25) is 0 Å². The van der Waals surface area contributed by atoms with E-state index in [0.717, 1.165) is 64.9 Å². The Morgan fingerprint density at radius 2 is 1.86 bits per heavy atom. The number of amides is 1. The molecule has 8 heteroatoms. The molecular formula is C28H34N6O2. The van der Waals surface area contributed by atoms with E-state index >= 15 is 0 Å². The Morgan fingerprint density at radius 1 is 1.14 bits per heavy atom.